The molecule has 1 heterocycles. The molecule has 1 fully saturated rings. The number of para-hydroxylation sites is 1. The third-order valence-electron chi connectivity index (χ3n) is 5.36. The summed E-state index contributed by atoms with van der Waals surface area (Å²) in [7, 11) is -3.70. The van der Waals surface area contributed by atoms with E-state index in [1.165, 1.54) is 28.6 Å². The van der Waals surface area contributed by atoms with Crippen molar-refractivity contribution in [3.05, 3.63) is 58.9 Å². The molecular weight excluding hydrogens is 379 g/mol. The zero-order valence-corrected chi connectivity index (χ0v) is 17.1. The third-order valence-corrected chi connectivity index (χ3v) is 7.39. The first-order valence-electron chi connectivity index (χ1n) is 9.37. The number of hydrogen-bond donors (Lipinski definition) is 1. The second-order valence-corrected chi connectivity index (χ2v) is 9.34. The molecule has 5 nitrogen and oxygen atoms in total. The Morgan fingerprint density at radius 3 is 2.43 bits per heavy atom. The van der Waals surface area contributed by atoms with Crippen molar-refractivity contribution in [3.8, 4) is 0 Å². The lowest BCUT2D eigenvalue weighted by molar-refractivity contribution is 0.102. The van der Waals surface area contributed by atoms with Crippen LogP contribution >= 0.6 is 0 Å². The number of carbonyl (C=O) groups is 1. The monoisotopic (exact) mass is 404 g/mol. The van der Waals surface area contributed by atoms with Crippen molar-refractivity contribution in [2.24, 2.45) is 5.92 Å². The highest BCUT2D eigenvalue weighted by molar-refractivity contribution is 7.89. The number of amides is 1. The molecule has 0 radical (unpaired) electrons. The Morgan fingerprint density at radius 2 is 1.79 bits per heavy atom. The van der Waals surface area contributed by atoms with Gasteiger partial charge in [-0.1, -0.05) is 19.1 Å². The maximum atomic E-state index is 13.8. The van der Waals surface area contributed by atoms with E-state index < -0.39 is 21.7 Å². The van der Waals surface area contributed by atoms with Crippen molar-refractivity contribution in [1.29, 1.82) is 0 Å². The average molecular weight is 405 g/mol. The molecule has 1 N–H and O–H groups in total. The topological polar surface area (TPSA) is 66.5 Å². The van der Waals surface area contributed by atoms with Gasteiger partial charge in [0, 0.05) is 18.7 Å². The maximum Gasteiger partial charge on any atom is 0.255 e. The summed E-state index contributed by atoms with van der Waals surface area (Å²) in [6, 6.07) is 8.89. The molecule has 0 aliphatic carbocycles. The van der Waals surface area contributed by atoms with Gasteiger partial charge in [-0.2, -0.15) is 4.31 Å². The first-order chi connectivity index (χ1) is 13.2. The molecule has 0 spiro atoms. The normalized spacial score (nSPS) is 16.1. The molecule has 1 amide bonds. The van der Waals surface area contributed by atoms with E-state index in [1.807, 2.05) is 0 Å². The van der Waals surface area contributed by atoms with Crippen molar-refractivity contribution >= 4 is 21.6 Å². The predicted octanol–water partition coefficient (Wildman–Crippen LogP) is 4.12. The smallest absolute Gasteiger partial charge is 0.255 e. The summed E-state index contributed by atoms with van der Waals surface area (Å²) in [4.78, 5) is 12.8. The number of nitrogens with zero attached hydrogens (tertiary/aromatic N) is 1. The number of carbonyl (C=O) groups excluding carboxylic acids is 1. The van der Waals surface area contributed by atoms with Gasteiger partial charge in [-0.3, -0.25) is 4.79 Å². The molecule has 3 rings (SSSR count). The van der Waals surface area contributed by atoms with E-state index in [-0.39, 0.29) is 16.1 Å². The molecule has 150 valence electrons. The molecule has 1 aliphatic rings. The lowest BCUT2D eigenvalue weighted by atomic mass is 10.0. The van der Waals surface area contributed by atoms with Gasteiger partial charge in [0.2, 0.25) is 10.0 Å². The molecule has 7 heteroatoms. The lowest BCUT2D eigenvalue weighted by Gasteiger charge is -2.30. The molecule has 28 heavy (non-hydrogen) atoms. The molecule has 2 aromatic carbocycles. The third kappa shape index (κ3) is 4.10. The second kappa shape index (κ2) is 8.01. The van der Waals surface area contributed by atoms with Gasteiger partial charge in [-0.25, -0.2) is 12.8 Å². The van der Waals surface area contributed by atoms with E-state index in [9.17, 15) is 17.6 Å². The number of benzene rings is 2. The van der Waals surface area contributed by atoms with E-state index in [2.05, 4.69) is 12.2 Å². The van der Waals surface area contributed by atoms with Crippen LogP contribution in [0.25, 0.3) is 0 Å². The van der Waals surface area contributed by atoms with Gasteiger partial charge in [0.1, 0.15) is 5.82 Å². The van der Waals surface area contributed by atoms with Crippen LogP contribution in [0.1, 0.15) is 41.3 Å². The van der Waals surface area contributed by atoms with Crippen LogP contribution in [0.15, 0.2) is 41.3 Å². The van der Waals surface area contributed by atoms with E-state index in [1.54, 1.807) is 26.0 Å². The van der Waals surface area contributed by atoms with Crippen LogP contribution in [-0.4, -0.2) is 31.7 Å². The summed E-state index contributed by atoms with van der Waals surface area (Å²) in [6.07, 6.45) is 1.65. The SMILES string of the molecule is Cc1cc(C(=O)Nc2ccccc2F)cc(S(=O)(=O)N2CCC(C)CC2)c1C. The highest BCUT2D eigenvalue weighted by Crippen LogP contribution is 2.28. The Morgan fingerprint density at radius 1 is 1.14 bits per heavy atom. The van der Waals surface area contributed by atoms with Crippen LogP contribution in [0.2, 0.25) is 0 Å². The molecule has 0 unspecified atom stereocenters. The van der Waals surface area contributed by atoms with Gasteiger partial charge in [0.25, 0.3) is 5.91 Å². The van der Waals surface area contributed by atoms with Gasteiger partial charge in [0.05, 0.1) is 10.6 Å². The molecule has 2 aromatic rings. The van der Waals surface area contributed by atoms with Gasteiger partial charge in [0.15, 0.2) is 0 Å². The minimum absolute atomic E-state index is 0.0557. The first-order valence-corrected chi connectivity index (χ1v) is 10.8. The zero-order chi connectivity index (χ0) is 20.5. The van der Waals surface area contributed by atoms with E-state index in [4.69, 9.17) is 0 Å². The minimum atomic E-state index is -3.70. The Bertz CT molecular complexity index is 997. The second-order valence-electron chi connectivity index (χ2n) is 7.44. The number of piperidine rings is 1. The van der Waals surface area contributed by atoms with Crippen LogP contribution in [0, 0.1) is 25.6 Å². The highest BCUT2D eigenvalue weighted by Gasteiger charge is 2.30. The van der Waals surface area contributed by atoms with Crippen molar-refractivity contribution in [1.82, 2.24) is 4.31 Å². The first kappa shape index (κ1) is 20.5. The van der Waals surface area contributed by atoms with E-state index >= 15 is 0 Å². The fourth-order valence-corrected chi connectivity index (χ4v) is 5.14. The van der Waals surface area contributed by atoms with Gasteiger partial charge in [-0.05, 0) is 68.0 Å². The summed E-state index contributed by atoms with van der Waals surface area (Å²) in [5.74, 6) is -0.584. The van der Waals surface area contributed by atoms with Crippen LogP contribution in [0.5, 0.6) is 0 Å². The maximum absolute atomic E-state index is 13.8. The Labute approximate surface area is 165 Å². The van der Waals surface area contributed by atoms with Crippen LogP contribution in [-0.2, 0) is 10.0 Å². The van der Waals surface area contributed by atoms with Crippen molar-refractivity contribution in [2.45, 2.75) is 38.5 Å². The largest absolute Gasteiger partial charge is 0.319 e. The molecular formula is C21H25FN2O3S. The lowest BCUT2D eigenvalue weighted by Crippen LogP contribution is -2.38. The van der Waals surface area contributed by atoms with E-state index in [0.717, 1.165) is 12.8 Å². The molecule has 0 bridgehead atoms. The molecule has 1 saturated heterocycles. The fourth-order valence-electron chi connectivity index (χ4n) is 3.35. The molecule has 1 aliphatic heterocycles. The van der Waals surface area contributed by atoms with Crippen molar-refractivity contribution in [2.75, 3.05) is 18.4 Å². The number of anilines is 1. The predicted molar refractivity (Wildman–Crippen MR) is 107 cm³/mol. The summed E-state index contributed by atoms with van der Waals surface area (Å²) in [5, 5.41) is 2.51. The number of halogens is 1. The Hall–Kier alpha value is -2.25. The standard InChI is InChI=1S/C21H25FN2O3S/c1-14-8-10-24(11-9-14)28(26,27)20-13-17(12-15(2)16(20)3)21(25)23-19-7-5-4-6-18(19)22/h4-7,12-14H,8-11H2,1-3H3,(H,23,25). The Balaban J connectivity index is 1.94. The van der Waals surface area contributed by atoms with Crippen LogP contribution in [0.4, 0.5) is 10.1 Å². The Kier molecular flexibility index (Phi) is 5.86. The van der Waals surface area contributed by atoms with Gasteiger partial charge in [-0.15, -0.1) is 0 Å². The quantitative estimate of drug-likeness (QED) is 0.834. The number of rotatable bonds is 4. The average Bonchev–Trinajstić information content (AvgIpc) is 2.65. The highest BCUT2D eigenvalue weighted by atomic mass is 32.2. The van der Waals surface area contributed by atoms with Crippen molar-refractivity contribution < 1.29 is 17.6 Å². The number of nitrogens with one attached hydrogen (secondary N) is 1. The summed E-state index contributed by atoms with van der Waals surface area (Å²) in [5.41, 5.74) is 1.57. The number of aryl methyl sites for hydroxylation is 1. The van der Waals surface area contributed by atoms with Gasteiger partial charge >= 0.3 is 0 Å². The summed E-state index contributed by atoms with van der Waals surface area (Å²) >= 11 is 0. The number of hydrogen-bond acceptors (Lipinski definition) is 3. The number of sulfonamides is 1. The van der Waals surface area contributed by atoms with Crippen LogP contribution in [0.3, 0.4) is 0 Å². The van der Waals surface area contributed by atoms with Crippen LogP contribution < -0.4 is 5.32 Å². The fraction of sp³-hybridized carbons (Fsp3) is 0.381. The van der Waals surface area contributed by atoms with Gasteiger partial charge < -0.3 is 5.32 Å². The molecule has 0 aromatic heterocycles. The van der Waals surface area contributed by atoms with E-state index in [0.29, 0.717) is 30.1 Å². The van der Waals surface area contributed by atoms with Crippen molar-refractivity contribution in [3.63, 3.8) is 0 Å². The molecule has 0 saturated carbocycles. The molecule has 0 atom stereocenters. The summed E-state index contributed by atoms with van der Waals surface area (Å²) < 4.78 is 41.7. The minimum Gasteiger partial charge on any atom is -0.319 e. The summed E-state index contributed by atoms with van der Waals surface area (Å²) in [6.45, 7) is 6.59. The zero-order valence-electron chi connectivity index (χ0n) is 16.3.